The van der Waals surface area contributed by atoms with Crippen LogP contribution in [0.1, 0.15) is 84.2 Å². The van der Waals surface area contributed by atoms with Gasteiger partial charge in [-0.05, 0) is 62.6 Å². The number of aryl methyl sites for hydroxylation is 2. The van der Waals surface area contributed by atoms with Crippen LogP contribution in [-0.4, -0.2) is 18.2 Å². The van der Waals surface area contributed by atoms with Crippen LogP contribution in [0.3, 0.4) is 0 Å². The Morgan fingerprint density at radius 1 is 0.711 bits per heavy atom. The van der Waals surface area contributed by atoms with E-state index in [2.05, 4.69) is 12.2 Å². The van der Waals surface area contributed by atoms with Crippen molar-refractivity contribution in [3.05, 3.63) is 91.6 Å². The summed E-state index contributed by atoms with van der Waals surface area (Å²) >= 11 is 0. The van der Waals surface area contributed by atoms with Crippen LogP contribution in [0.5, 0.6) is 0 Å². The van der Waals surface area contributed by atoms with Gasteiger partial charge in [-0.25, -0.2) is 9.59 Å². The van der Waals surface area contributed by atoms with Crippen molar-refractivity contribution in [2.24, 2.45) is 0 Å². The minimum absolute atomic E-state index is 0.0762. The first-order valence-electron chi connectivity index (χ1n) is 13.1. The molecule has 2 aromatic heterocycles. The van der Waals surface area contributed by atoms with Gasteiger partial charge < -0.3 is 14.2 Å². The minimum atomic E-state index is -0.580. The van der Waals surface area contributed by atoms with Crippen LogP contribution in [0.2, 0.25) is 0 Å². The Balaban J connectivity index is 0.000000230. The number of unbranched alkanes of at least 4 members (excludes halogenated alkanes) is 5. The Bertz CT molecular complexity index is 1550. The highest BCUT2D eigenvalue weighted by Gasteiger charge is 2.13. The van der Waals surface area contributed by atoms with Crippen LogP contribution >= 0.6 is 0 Å². The molecular weight excluding hydrogens is 482 g/mol. The minimum Gasteiger partial charge on any atom is -0.422 e. The number of rotatable bonds is 9. The Hall–Kier alpha value is -4.00. The van der Waals surface area contributed by atoms with E-state index in [0.717, 1.165) is 34.7 Å². The SMILES string of the molecule is CC(=O)c1cc2ccc(C)cc2oc1=O.CCCCCCCCNC(=O)c1cc2ccc(C)cc2oc1=O. The third kappa shape index (κ3) is 7.75. The summed E-state index contributed by atoms with van der Waals surface area (Å²) in [4.78, 5) is 46.6. The second kappa shape index (κ2) is 13.5. The largest absolute Gasteiger partial charge is 0.422 e. The number of ketones is 1. The molecule has 2 aromatic carbocycles. The summed E-state index contributed by atoms with van der Waals surface area (Å²) in [6.45, 7) is 7.98. The molecule has 0 bridgehead atoms. The van der Waals surface area contributed by atoms with E-state index in [1.165, 1.54) is 32.6 Å². The van der Waals surface area contributed by atoms with E-state index >= 15 is 0 Å². The van der Waals surface area contributed by atoms with Gasteiger partial charge in [0, 0.05) is 17.3 Å². The summed E-state index contributed by atoms with van der Waals surface area (Å²) in [5.74, 6) is -0.624. The molecule has 4 rings (SSSR count). The molecule has 0 saturated heterocycles. The summed E-state index contributed by atoms with van der Waals surface area (Å²) in [6.07, 6.45) is 6.98. The molecule has 38 heavy (non-hydrogen) atoms. The van der Waals surface area contributed by atoms with E-state index in [4.69, 9.17) is 8.83 Å². The number of carbonyl (C=O) groups excluding carboxylic acids is 2. The number of hydrogen-bond donors (Lipinski definition) is 1. The smallest absolute Gasteiger partial charge is 0.349 e. The van der Waals surface area contributed by atoms with Crippen LogP contribution < -0.4 is 16.6 Å². The lowest BCUT2D eigenvalue weighted by Crippen LogP contribution is -2.29. The van der Waals surface area contributed by atoms with Crippen LogP contribution in [0.15, 0.2) is 67.0 Å². The fourth-order valence-electron chi connectivity index (χ4n) is 4.04. The monoisotopic (exact) mass is 517 g/mol. The van der Waals surface area contributed by atoms with Crippen molar-refractivity contribution in [2.75, 3.05) is 6.54 Å². The number of carbonyl (C=O) groups is 2. The van der Waals surface area contributed by atoms with Crippen LogP contribution in [0, 0.1) is 13.8 Å². The molecule has 7 nitrogen and oxygen atoms in total. The molecule has 0 radical (unpaired) electrons. The highest BCUT2D eigenvalue weighted by Crippen LogP contribution is 2.16. The summed E-state index contributed by atoms with van der Waals surface area (Å²) in [5, 5.41) is 4.34. The molecule has 7 heteroatoms. The number of amides is 1. The first-order chi connectivity index (χ1) is 18.2. The topological polar surface area (TPSA) is 107 Å². The zero-order chi connectivity index (χ0) is 27.7. The number of benzene rings is 2. The molecule has 0 saturated carbocycles. The number of hydrogen-bond acceptors (Lipinski definition) is 6. The van der Waals surface area contributed by atoms with E-state index < -0.39 is 11.3 Å². The van der Waals surface area contributed by atoms with Gasteiger partial charge in [0.25, 0.3) is 5.91 Å². The quantitative estimate of drug-likeness (QED) is 0.154. The van der Waals surface area contributed by atoms with Crippen molar-refractivity contribution in [3.63, 3.8) is 0 Å². The lowest BCUT2D eigenvalue weighted by molar-refractivity contribution is 0.0948. The van der Waals surface area contributed by atoms with E-state index in [9.17, 15) is 19.2 Å². The average Bonchev–Trinajstić information content (AvgIpc) is 2.87. The molecule has 0 aliphatic rings. The molecule has 0 aliphatic heterocycles. The molecule has 0 aliphatic carbocycles. The van der Waals surface area contributed by atoms with Gasteiger partial charge in [-0.3, -0.25) is 9.59 Å². The van der Waals surface area contributed by atoms with E-state index in [-0.39, 0.29) is 22.8 Å². The maximum atomic E-state index is 12.1. The van der Waals surface area contributed by atoms with Gasteiger partial charge in [-0.1, -0.05) is 63.3 Å². The van der Waals surface area contributed by atoms with Crippen LogP contribution in [0.4, 0.5) is 0 Å². The van der Waals surface area contributed by atoms with Gasteiger partial charge >= 0.3 is 11.3 Å². The predicted molar refractivity (Wildman–Crippen MR) is 150 cm³/mol. The maximum absolute atomic E-state index is 12.1. The van der Waals surface area contributed by atoms with Crippen LogP contribution in [0.25, 0.3) is 21.9 Å². The number of Topliss-reactive ketones (excluding diaryl/α,β-unsaturated/α-hetero) is 1. The highest BCUT2D eigenvalue weighted by atomic mass is 16.4. The Morgan fingerprint density at radius 3 is 1.76 bits per heavy atom. The second-order valence-electron chi connectivity index (χ2n) is 9.56. The van der Waals surface area contributed by atoms with E-state index in [0.29, 0.717) is 17.7 Å². The molecule has 0 spiro atoms. The third-order valence-electron chi connectivity index (χ3n) is 6.22. The Labute approximate surface area is 221 Å². The molecule has 1 amide bonds. The van der Waals surface area contributed by atoms with Gasteiger partial charge in [-0.15, -0.1) is 0 Å². The van der Waals surface area contributed by atoms with E-state index in [1.807, 2.05) is 38.1 Å². The van der Waals surface area contributed by atoms with Gasteiger partial charge in [0.05, 0.1) is 0 Å². The standard InChI is InChI=1S/C19H25NO3.C12H10O3/c1-3-4-5-6-7-8-11-20-18(21)16-13-15-10-9-14(2)12-17(15)23-19(16)22;1-7-3-4-9-6-10(8(2)13)12(14)15-11(9)5-7/h9-10,12-13H,3-8,11H2,1-2H3,(H,20,21);3-6H,1-2H3. The first-order valence-corrected chi connectivity index (χ1v) is 13.1. The summed E-state index contributed by atoms with van der Waals surface area (Å²) in [5.41, 5.74) is 2.09. The number of nitrogens with one attached hydrogen (secondary N) is 1. The van der Waals surface area contributed by atoms with Crippen molar-refractivity contribution in [2.45, 2.75) is 66.2 Å². The van der Waals surface area contributed by atoms with Crippen molar-refractivity contribution < 1.29 is 18.4 Å². The fourth-order valence-corrected chi connectivity index (χ4v) is 4.04. The number of fused-ring (bicyclic) bond motifs is 2. The molecule has 0 unspecified atom stereocenters. The Morgan fingerprint density at radius 2 is 1.21 bits per heavy atom. The molecule has 0 atom stereocenters. The van der Waals surface area contributed by atoms with Crippen molar-refractivity contribution in [3.8, 4) is 0 Å². The molecule has 4 aromatic rings. The molecular formula is C31H35NO6. The van der Waals surface area contributed by atoms with Gasteiger partial charge in [0.2, 0.25) is 0 Å². The lowest BCUT2D eigenvalue weighted by atomic mass is 10.1. The zero-order valence-corrected chi connectivity index (χ0v) is 22.5. The first kappa shape index (κ1) is 28.6. The van der Waals surface area contributed by atoms with Crippen molar-refractivity contribution >= 4 is 33.6 Å². The second-order valence-corrected chi connectivity index (χ2v) is 9.56. The normalized spacial score (nSPS) is 10.7. The zero-order valence-electron chi connectivity index (χ0n) is 22.5. The predicted octanol–water partition coefficient (Wildman–Crippen LogP) is 6.50. The summed E-state index contributed by atoms with van der Waals surface area (Å²) < 4.78 is 10.3. The van der Waals surface area contributed by atoms with Crippen molar-refractivity contribution in [1.29, 1.82) is 0 Å². The van der Waals surface area contributed by atoms with Gasteiger partial charge in [-0.2, -0.15) is 0 Å². The highest BCUT2D eigenvalue weighted by molar-refractivity contribution is 5.97. The average molecular weight is 518 g/mol. The van der Waals surface area contributed by atoms with Gasteiger partial charge in [0.15, 0.2) is 5.78 Å². The Kier molecular flexibility index (Phi) is 10.2. The van der Waals surface area contributed by atoms with Gasteiger partial charge in [0.1, 0.15) is 22.3 Å². The molecule has 200 valence electrons. The van der Waals surface area contributed by atoms with Crippen LogP contribution in [-0.2, 0) is 0 Å². The third-order valence-corrected chi connectivity index (χ3v) is 6.22. The molecule has 0 fully saturated rings. The molecule has 2 heterocycles. The fraction of sp³-hybridized carbons (Fsp3) is 0.355. The summed E-state index contributed by atoms with van der Waals surface area (Å²) in [6, 6.07) is 14.3. The van der Waals surface area contributed by atoms with Crippen molar-refractivity contribution in [1.82, 2.24) is 5.32 Å². The summed E-state index contributed by atoms with van der Waals surface area (Å²) in [7, 11) is 0. The maximum Gasteiger partial charge on any atom is 0.349 e. The lowest BCUT2D eigenvalue weighted by Gasteiger charge is -2.05. The molecule has 1 N–H and O–H groups in total. The van der Waals surface area contributed by atoms with E-state index in [1.54, 1.807) is 24.3 Å².